The minimum absolute atomic E-state index is 3.43. The average Bonchev–Trinajstić information content (AvgIpc) is 2.12. The lowest BCUT2D eigenvalue weighted by Gasteiger charge is -2.38. The SMILES string of the molecule is FC(F)(F)C(F)(F)C(F)(F)C(F)(Cl)C(F)(F)C(F)(F)F. The fourth-order valence-corrected chi connectivity index (χ4v) is 0.976. The first-order valence-electron chi connectivity index (χ1n) is 3.90. The molecule has 0 aromatic rings. The zero-order valence-electron chi connectivity index (χ0n) is 8.29. The topological polar surface area (TPSA) is 0 Å². The predicted octanol–water partition coefficient (Wildman–Crippen LogP) is 4.92. The lowest BCUT2D eigenvalue weighted by molar-refractivity contribution is -0.408. The molecule has 0 rings (SSSR count). The van der Waals surface area contributed by atoms with Gasteiger partial charge in [0, 0.05) is 0 Å². The largest absolute Gasteiger partial charge is 0.460 e. The van der Waals surface area contributed by atoms with E-state index < -0.39 is 35.2 Å². The highest BCUT2D eigenvalue weighted by molar-refractivity contribution is 6.24. The van der Waals surface area contributed by atoms with Crippen LogP contribution in [0, 0.1) is 0 Å². The molecule has 0 amide bonds. The van der Waals surface area contributed by atoms with Crippen molar-refractivity contribution in [1.82, 2.24) is 0 Å². The molecule has 0 heterocycles. The summed E-state index contributed by atoms with van der Waals surface area (Å²) in [4.78, 5) is 0. The van der Waals surface area contributed by atoms with Gasteiger partial charge in [0.2, 0.25) is 0 Å². The molecule has 0 spiro atoms. The number of hydrogen-bond acceptors (Lipinski definition) is 0. The van der Waals surface area contributed by atoms with Gasteiger partial charge < -0.3 is 0 Å². The van der Waals surface area contributed by atoms with Crippen LogP contribution in [0.25, 0.3) is 0 Å². The van der Waals surface area contributed by atoms with Crippen molar-refractivity contribution in [2.75, 3.05) is 0 Å². The third-order valence-corrected chi connectivity index (χ3v) is 2.37. The number of halogens is 14. The second-order valence-electron chi connectivity index (χ2n) is 3.29. The van der Waals surface area contributed by atoms with E-state index in [-0.39, 0.29) is 0 Å². The zero-order valence-corrected chi connectivity index (χ0v) is 9.05. The number of hydrogen-bond donors (Lipinski definition) is 0. The smallest absolute Gasteiger partial charge is 0.212 e. The molecule has 0 bridgehead atoms. The summed E-state index contributed by atoms with van der Waals surface area (Å²) in [7, 11) is 0. The molecular formula is C6ClF13. The third kappa shape index (κ3) is 2.37. The third-order valence-electron chi connectivity index (χ3n) is 1.90. The lowest BCUT2D eigenvalue weighted by atomic mass is 9.99. The van der Waals surface area contributed by atoms with Gasteiger partial charge in [-0.25, -0.2) is 4.39 Å². The Morgan fingerprint density at radius 1 is 0.400 bits per heavy atom. The van der Waals surface area contributed by atoms with E-state index in [1.807, 2.05) is 0 Å². The zero-order chi connectivity index (χ0) is 17.0. The van der Waals surface area contributed by atoms with Gasteiger partial charge in [-0.3, -0.25) is 0 Å². The van der Waals surface area contributed by atoms with Gasteiger partial charge >= 0.3 is 35.2 Å². The number of rotatable bonds is 3. The van der Waals surface area contributed by atoms with Crippen LogP contribution in [0.3, 0.4) is 0 Å². The van der Waals surface area contributed by atoms with Crippen molar-refractivity contribution in [3.8, 4) is 0 Å². The van der Waals surface area contributed by atoms with Crippen LogP contribution in [0.4, 0.5) is 57.1 Å². The summed E-state index contributed by atoms with van der Waals surface area (Å²) in [5.74, 6) is -22.6. The first kappa shape index (κ1) is 19.4. The molecule has 0 saturated heterocycles. The van der Waals surface area contributed by atoms with Crippen molar-refractivity contribution in [3.05, 3.63) is 0 Å². The second kappa shape index (κ2) is 4.44. The van der Waals surface area contributed by atoms with Crippen LogP contribution in [0.2, 0.25) is 0 Å². The van der Waals surface area contributed by atoms with Crippen LogP contribution >= 0.6 is 11.6 Å². The molecule has 0 radical (unpaired) electrons. The van der Waals surface area contributed by atoms with Crippen LogP contribution in [0.5, 0.6) is 0 Å². The standard InChI is InChI=1S/C6ClF13/c7-1(8,3(11,12)5(15,16)17)2(9,10)4(13,14)6(18,19)20. The molecule has 0 aromatic carbocycles. The Labute approximate surface area is 105 Å². The quantitative estimate of drug-likeness (QED) is 0.498. The van der Waals surface area contributed by atoms with Gasteiger partial charge in [-0.15, -0.1) is 0 Å². The van der Waals surface area contributed by atoms with Gasteiger partial charge in [0.25, 0.3) is 0 Å². The van der Waals surface area contributed by atoms with Gasteiger partial charge in [-0.2, -0.15) is 52.7 Å². The molecule has 0 aliphatic rings. The van der Waals surface area contributed by atoms with Gasteiger partial charge in [-0.05, 0) is 0 Å². The molecule has 0 fully saturated rings. The summed E-state index contributed by atoms with van der Waals surface area (Å²) >= 11 is 3.43. The molecular weight excluding hydrogens is 354 g/mol. The fraction of sp³-hybridized carbons (Fsp3) is 1.00. The maximum atomic E-state index is 12.7. The van der Waals surface area contributed by atoms with E-state index in [0.717, 1.165) is 0 Å². The van der Waals surface area contributed by atoms with Crippen LogP contribution < -0.4 is 0 Å². The lowest BCUT2D eigenvalue weighted by Crippen LogP contribution is -2.68. The van der Waals surface area contributed by atoms with Gasteiger partial charge in [0.1, 0.15) is 0 Å². The Balaban J connectivity index is 6.08. The Hall–Kier alpha value is -0.620. The van der Waals surface area contributed by atoms with E-state index in [4.69, 9.17) is 0 Å². The minimum atomic E-state index is -7.61. The van der Waals surface area contributed by atoms with Crippen molar-refractivity contribution in [3.63, 3.8) is 0 Å². The predicted molar refractivity (Wildman–Crippen MR) is 36.6 cm³/mol. The summed E-state index contributed by atoms with van der Waals surface area (Å²) in [6, 6.07) is 0. The highest BCUT2D eigenvalue weighted by atomic mass is 35.5. The molecule has 20 heavy (non-hydrogen) atoms. The molecule has 0 aromatic heterocycles. The Kier molecular flexibility index (Phi) is 4.30. The van der Waals surface area contributed by atoms with E-state index in [0.29, 0.717) is 0 Å². The van der Waals surface area contributed by atoms with Crippen LogP contribution in [0.1, 0.15) is 0 Å². The second-order valence-corrected chi connectivity index (χ2v) is 3.81. The molecule has 0 nitrogen and oxygen atoms in total. The monoisotopic (exact) mass is 354 g/mol. The first-order chi connectivity index (χ1) is 8.25. The summed E-state index contributed by atoms with van der Waals surface area (Å²) in [6.45, 7) is 0. The minimum Gasteiger partial charge on any atom is -0.212 e. The molecule has 1 unspecified atom stereocenters. The van der Waals surface area contributed by atoms with Crippen molar-refractivity contribution in [2.24, 2.45) is 0 Å². The number of alkyl halides is 14. The maximum Gasteiger partial charge on any atom is 0.460 e. The van der Waals surface area contributed by atoms with Crippen LogP contribution in [0.15, 0.2) is 0 Å². The van der Waals surface area contributed by atoms with Crippen molar-refractivity contribution in [1.29, 1.82) is 0 Å². The van der Waals surface area contributed by atoms with Crippen LogP contribution in [-0.4, -0.2) is 35.2 Å². The Bertz CT molecular complexity index is 324. The van der Waals surface area contributed by atoms with Gasteiger partial charge in [0.05, 0.1) is 0 Å². The van der Waals surface area contributed by atoms with E-state index in [2.05, 4.69) is 11.6 Å². The van der Waals surface area contributed by atoms with E-state index >= 15 is 0 Å². The summed E-state index contributed by atoms with van der Waals surface area (Å²) in [6.07, 6.45) is -14.6. The van der Waals surface area contributed by atoms with E-state index in [1.54, 1.807) is 0 Å². The summed E-state index contributed by atoms with van der Waals surface area (Å²) < 4.78 is 156. The molecule has 0 saturated carbocycles. The fourth-order valence-electron chi connectivity index (χ4n) is 0.750. The molecule has 122 valence electrons. The molecule has 1 atom stereocenters. The molecule has 0 N–H and O–H groups in total. The van der Waals surface area contributed by atoms with Gasteiger partial charge in [0.15, 0.2) is 0 Å². The highest BCUT2D eigenvalue weighted by Gasteiger charge is 2.89. The van der Waals surface area contributed by atoms with E-state index in [9.17, 15) is 57.1 Å². The summed E-state index contributed by atoms with van der Waals surface area (Å²) in [5.41, 5.74) is 0. The van der Waals surface area contributed by atoms with Gasteiger partial charge in [-0.1, -0.05) is 11.6 Å². The molecule has 0 aliphatic heterocycles. The highest BCUT2D eigenvalue weighted by Crippen LogP contribution is 2.61. The maximum absolute atomic E-state index is 12.7. The first-order valence-corrected chi connectivity index (χ1v) is 4.27. The normalized spacial score (nSPS) is 18.9. The summed E-state index contributed by atoms with van der Waals surface area (Å²) in [5, 5.41) is -7.07. The molecule has 0 aliphatic carbocycles. The van der Waals surface area contributed by atoms with Crippen LogP contribution in [-0.2, 0) is 0 Å². The van der Waals surface area contributed by atoms with Crippen molar-refractivity contribution in [2.45, 2.75) is 35.2 Å². The van der Waals surface area contributed by atoms with E-state index in [1.165, 1.54) is 0 Å². The Morgan fingerprint density at radius 2 is 0.650 bits per heavy atom. The molecule has 14 heteroatoms. The Morgan fingerprint density at radius 3 is 0.850 bits per heavy atom. The van der Waals surface area contributed by atoms with Crippen molar-refractivity contribution >= 4 is 11.6 Å². The average molecular weight is 354 g/mol. The van der Waals surface area contributed by atoms with Crippen molar-refractivity contribution < 1.29 is 57.1 Å².